The summed E-state index contributed by atoms with van der Waals surface area (Å²) in [5.41, 5.74) is 12.8. The van der Waals surface area contributed by atoms with Crippen LogP contribution in [0.1, 0.15) is 92.7 Å². The monoisotopic (exact) mass is 394 g/mol. The first-order chi connectivity index (χ1) is 14.3. The Balaban J connectivity index is 1.95. The highest BCUT2D eigenvalue weighted by atomic mass is 14.3. The molecule has 1 aliphatic rings. The fraction of sp³-hybridized carbons (Fsp3) is 0.333. The molecule has 0 saturated carbocycles. The van der Waals surface area contributed by atoms with Crippen molar-refractivity contribution in [3.8, 4) is 11.1 Å². The van der Waals surface area contributed by atoms with Crippen LogP contribution < -0.4 is 0 Å². The molecule has 4 rings (SSSR count). The van der Waals surface area contributed by atoms with Gasteiger partial charge >= 0.3 is 0 Å². The van der Waals surface area contributed by atoms with Crippen LogP contribution in [0.5, 0.6) is 0 Å². The van der Waals surface area contributed by atoms with Crippen LogP contribution in [0.2, 0.25) is 0 Å². The van der Waals surface area contributed by atoms with E-state index in [1.54, 1.807) is 0 Å². The Kier molecular flexibility index (Phi) is 5.69. The molecule has 0 radical (unpaired) electrons. The van der Waals surface area contributed by atoms with Crippen LogP contribution >= 0.6 is 0 Å². The minimum atomic E-state index is 0.490. The van der Waals surface area contributed by atoms with Gasteiger partial charge in [0.1, 0.15) is 0 Å². The van der Waals surface area contributed by atoms with Crippen molar-refractivity contribution in [2.45, 2.75) is 65.7 Å². The van der Waals surface area contributed by atoms with Crippen LogP contribution in [0.25, 0.3) is 22.8 Å². The first-order valence-corrected chi connectivity index (χ1v) is 11.4. The molecule has 0 spiro atoms. The summed E-state index contributed by atoms with van der Waals surface area (Å²) in [6, 6.07) is 22.9. The van der Waals surface area contributed by atoms with Gasteiger partial charge < -0.3 is 0 Å². The van der Waals surface area contributed by atoms with E-state index in [-0.39, 0.29) is 0 Å². The van der Waals surface area contributed by atoms with Crippen LogP contribution in [0.4, 0.5) is 0 Å². The van der Waals surface area contributed by atoms with Gasteiger partial charge in [0.15, 0.2) is 0 Å². The molecule has 0 unspecified atom stereocenters. The second kappa shape index (κ2) is 8.26. The van der Waals surface area contributed by atoms with Gasteiger partial charge in [-0.3, -0.25) is 0 Å². The standard InChI is InChI=1S/C30H34/c1-19(2)24-15-25(20(3)4)17-27(16-24)30-28(21(5)6)13-12-23-14-26(18-29(23)30)22-10-8-7-9-11-22/h7-13,15-21H,14H2,1-6H3. The molecule has 0 aliphatic heterocycles. The molecule has 0 saturated heterocycles. The maximum absolute atomic E-state index is 2.45. The fourth-order valence-corrected chi connectivity index (χ4v) is 4.56. The van der Waals surface area contributed by atoms with Crippen molar-refractivity contribution in [1.29, 1.82) is 0 Å². The lowest BCUT2D eigenvalue weighted by Crippen LogP contribution is -2.00. The van der Waals surface area contributed by atoms with Crippen molar-refractivity contribution in [3.63, 3.8) is 0 Å². The number of benzene rings is 3. The van der Waals surface area contributed by atoms with Crippen LogP contribution in [0.3, 0.4) is 0 Å². The molecule has 0 aromatic heterocycles. The largest absolute Gasteiger partial charge is 0.0622 e. The summed E-state index contributed by atoms with van der Waals surface area (Å²) in [7, 11) is 0. The van der Waals surface area contributed by atoms with Gasteiger partial charge in [0.25, 0.3) is 0 Å². The Morgan fingerprint density at radius 3 is 1.83 bits per heavy atom. The molecule has 0 atom stereocenters. The maximum Gasteiger partial charge on any atom is -0.00134 e. The molecule has 0 nitrogen and oxygen atoms in total. The number of hydrogen-bond donors (Lipinski definition) is 0. The minimum absolute atomic E-state index is 0.490. The highest BCUT2D eigenvalue weighted by Gasteiger charge is 2.22. The van der Waals surface area contributed by atoms with Gasteiger partial charge in [0, 0.05) is 0 Å². The van der Waals surface area contributed by atoms with E-state index in [1.807, 2.05) is 0 Å². The van der Waals surface area contributed by atoms with Crippen LogP contribution in [-0.2, 0) is 6.42 Å². The number of rotatable bonds is 5. The van der Waals surface area contributed by atoms with Crippen molar-refractivity contribution < 1.29 is 0 Å². The molecular formula is C30H34. The Labute approximate surface area is 182 Å². The molecule has 0 heterocycles. The van der Waals surface area contributed by atoms with Gasteiger partial charge in [-0.25, -0.2) is 0 Å². The van der Waals surface area contributed by atoms with Crippen LogP contribution in [-0.4, -0.2) is 0 Å². The summed E-state index contributed by atoms with van der Waals surface area (Å²) >= 11 is 0. The fourth-order valence-electron chi connectivity index (χ4n) is 4.56. The molecule has 0 fully saturated rings. The highest BCUT2D eigenvalue weighted by molar-refractivity contribution is 5.95. The lowest BCUT2D eigenvalue weighted by molar-refractivity contribution is 0.833. The zero-order valence-corrected chi connectivity index (χ0v) is 19.3. The van der Waals surface area contributed by atoms with Gasteiger partial charge in [-0.2, -0.15) is 0 Å². The van der Waals surface area contributed by atoms with Gasteiger partial charge in [-0.05, 0) is 80.3 Å². The van der Waals surface area contributed by atoms with E-state index in [9.17, 15) is 0 Å². The van der Waals surface area contributed by atoms with E-state index >= 15 is 0 Å². The van der Waals surface area contributed by atoms with E-state index in [4.69, 9.17) is 0 Å². The molecule has 0 bridgehead atoms. The van der Waals surface area contributed by atoms with E-state index in [0.29, 0.717) is 17.8 Å². The lowest BCUT2D eigenvalue weighted by atomic mass is 9.84. The van der Waals surface area contributed by atoms with Crippen molar-refractivity contribution in [3.05, 3.63) is 94.0 Å². The second-order valence-electron chi connectivity index (χ2n) is 9.67. The zero-order chi connectivity index (χ0) is 21.4. The molecule has 0 heteroatoms. The van der Waals surface area contributed by atoms with E-state index < -0.39 is 0 Å². The third-order valence-corrected chi connectivity index (χ3v) is 6.43. The smallest absolute Gasteiger partial charge is 0.00134 e. The predicted octanol–water partition coefficient (Wildman–Crippen LogP) is 8.82. The molecule has 3 aromatic rings. The Morgan fingerprint density at radius 2 is 1.27 bits per heavy atom. The Bertz CT molecular complexity index is 1050. The van der Waals surface area contributed by atoms with Gasteiger partial charge in [-0.15, -0.1) is 0 Å². The Morgan fingerprint density at radius 1 is 0.633 bits per heavy atom. The van der Waals surface area contributed by atoms with Crippen LogP contribution in [0, 0.1) is 0 Å². The molecule has 0 amide bonds. The minimum Gasteiger partial charge on any atom is -0.0622 e. The topological polar surface area (TPSA) is 0 Å². The quantitative estimate of drug-likeness (QED) is 0.405. The summed E-state index contributed by atoms with van der Waals surface area (Å²) in [6.45, 7) is 13.8. The second-order valence-corrected chi connectivity index (χ2v) is 9.67. The predicted molar refractivity (Wildman–Crippen MR) is 132 cm³/mol. The first-order valence-electron chi connectivity index (χ1n) is 11.4. The first kappa shape index (κ1) is 20.7. The van der Waals surface area contributed by atoms with Crippen molar-refractivity contribution in [1.82, 2.24) is 0 Å². The van der Waals surface area contributed by atoms with Crippen LogP contribution in [0.15, 0.2) is 60.7 Å². The normalized spacial score (nSPS) is 13.3. The number of hydrogen-bond acceptors (Lipinski definition) is 0. The average molecular weight is 395 g/mol. The zero-order valence-electron chi connectivity index (χ0n) is 19.3. The highest BCUT2D eigenvalue weighted by Crippen LogP contribution is 2.42. The molecule has 30 heavy (non-hydrogen) atoms. The van der Waals surface area contributed by atoms with Gasteiger partial charge in [0.05, 0.1) is 0 Å². The Hall–Kier alpha value is -2.60. The summed E-state index contributed by atoms with van der Waals surface area (Å²) in [5.74, 6) is 1.54. The number of fused-ring (bicyclic) bond motifs is 1. The van der Waals surface area contributed by atoms with E-state index in [2.05, 4.69) is 108 Å². The molecular weight excluding hydrogens is 360 g/mol. The summed E-state index contributed by atoms with van der Waals surface area (Å²) in [5, 5.41) is 0. The lowest BCUT2D eigenvalue weighted by Gasteiger charge is -2.20. The molecule has 0 N–H and O–H groups in total. The van der Waals surface area contributed by atoms with E-state index in [0.717, 1.165) is 6.42 Å². The third kappa shape index (κ3) is 3.88. The molecule has 1 aliphatic carbocycles. The van der Waals surface area contributed by atoms with E-state index in [1.165, 1.54) is 50.1 Å². The summed E-state index contributed by atoms with van der Waals surface area (Å²) in [6.07, 6.45) is 3.47. The number of allylic oxidation sites excluding steroid dienone is 1. The third-order valence-electron chi connectivity index (χ3n) is 6.43. The molecule has 3 aromatic carbocycles. The van der Waals surface area contributed by atoms with Crippen molar-refractivity contribution in [2.24, 2.45) is 0 Å². The van der Waals surface area contributed by atoms with Gasteiger partial charge in [0.2, 0.25) is 0 Å². The van der Waals surface area contributed by atoms with Gasteiger partial charge in [-0.1, -0.05) is 102 Å². The SMILES string of the molecule is CC(C)c1cc(-c2c(C(C)C)ccc3c2C=C(c2ccccc2)C3)cc(C(C)C)c1. The molecule has 154 valence electrons. The summed E-state index contributed by atoms with van der Waals surface area (Å²) in [4.78, 5) is 0. The summed E-state index contributed by atoms with van der Waals surface area (Å²) < 4.78 is 0. The maximum atomic E-state index is 2.45. The van der Waals surface area contributed by atoms with Crippen molar-refractivity contribution >= 4 is 11.6 Å². The average Bonchev–Trinajstić information content (AvgIpc) is 3.17. The van der Waals surface area contributed by atoms with Crippen molar-refractivity contribution in [2.75, 3.05) is 0 Å².